The van der Waals surface area contributed by atoms with Crippen LogP contribution in [0.3, 0.4) is 0 Å². The van der Waals surface area contributed by atoms with Crippen LogP contribution in [0.5, 0.6) is 0 Å². The molecule has 1 atom stereocenters. The normalized spacial score (nSPS) is 18.9. The Bertz CT molecular complexity index is 310. The van der Waals surface area contributed by atoms with E-state index >= 15 is 0 Å². The Morgan fingerprint density at radius 3 is 2.82 bits per heavy atom. The van der Waals surface area contributed by atoms with Crippen molar-refractivity contribution in [1.82, 2.24) is 20.0 Å². The number of hydrogen-bond acceptors (Lipinski definition) is 3. The number of nitrogens with one attached hydrogen (secondary N) is 1. The largest absolute Gasteiger partial charge is 0.315 e. The highest BCUT2D eigenvalue weighted by Crippen LogP contribution is 2.07. The molecule has 17 heavy (non-hydrogen) atoms. The molecule has 1 N–H and O–H groups in total. The molecule has 0 saturated carbocycles. The van der Waals surface area contributed by atoms with Crippen LogP contribution >= 0.6 is 24.8 Å². The molecule has 1 aliphatic rings. The van der Waals surface area contributed by atoms with E-state index in [0.29, 0.717) is 0 Å². The first-order chi connectivity index (χ1) is 7.25. The van der Waals surface area contributed by atoms with Gasteiger partial charge in [0.05, 0.1) is 6.20 Å². The third-order valence-electron chi connectivity index (χ3n) is 3.17. The van der Waals surface area contributed by atoms with Gasteiger partial charge in [0.1, 0.15) is 0 Å². The molecule has 2 heterocycles. The summed E-state index contributed by atoms with van der Waals surface area (Å²) in [5.41, 5.74) is 1.33. The predicted octanol–water partition coefficient (Wildman–Crippen LogP) is 1.10. The summed E-state index contributed by atoms with van der Waals surface area (Å²) in [5, 5.41) is 7.58. The summed E-state index contributed by atoms with van der Waals surface area (Å²) in [4.78, 5) is 2.45. The topological polar surface area (TPSA) is 33.1 Å². The summed E-state index contributed by atoms with van der Waals surface area (Å²) >= 11 is 0. The maximum Gasteiger partial charge on any atom is 0.0522 e. The van der Waals surface area contributed by atoms with Crippen LogP contribution in [0.15, 0.2) is 12.4 Å². The molecule has 0 spiro atoms. The van der Waals surface area contributed by atoms with Gasteiger partial charge in [-0.1, -0.05) is 0 Å². The van der Waals surface area contributed by atoms with Crippen molar-refractivity contribution in [2.45, 2.75) is 18.9 Å². The van der Waals surface area contributed by atoms with Crippen LogP contribution < -0.4 is 5.32 Å². The Labute approximate surface area is 116 Å². The van der Waals surface area contributed by atoms with E-state index in [1.54, 1.807) is 0 Å². The van der Waals surface area contributed by atoms with Crippen LogP contribution in [-0.2, 0) is 13.5 Å². The van der Waals surface area contributed by atoms with Crippen molar-refractivity contribution < 1.29 is 0 Å². The van der Waals surface area contributed by atoms with Crippen molar-refractivity contribution in [3.63, 3.8) is 0 Å². The van der Waals surface area contributed by atoms with Crippen LogP contribution in [0.2, 0.25) is 0 Å². The Hall–Kier alpha value is -0.290. The first-order valence-electron chi connectivity index (χ1n) is 5.64. The Morgan fingerprint density at radius 2 is 2.29 bits per heavy atom. The molecule has 0 amide bonds. The van der Waals surface area contributed by atoms with Gasteiger partial charge in [-0.05, 0) is 32.0 Å². The molecule has 0 bridgehead atoms. The van der Waals surface area contributed by atoms with E-state index in [1.165, 1.54) is 18.5 Å². The molecule has 0 radical (unpaired) electrons. The summed E-state index contributed by atoms with van der Waals surface area (Å²) in [7, 11) is 4.18. The van der Waals surface area contributed by atoms with Crippen molar-refractivity contribution in [2.75, 3.05) is 26.7 Å². The van der Waals surface area contributed by atoms with Gasteiger partial charge < -0.3 is 10.2 Å². The maximum absolute atomic E-state index is 4.18. The van der Waals surface area contributed by atoms with E-state index in [-0.39, 0.29) is 24.8 Å². The maximum atomic E-state index is 4.18. The zero-order valence-electron chi connectivity index (χ0n) is 10.4. The molecule has 0 aromatic carbocycles. The van der Waals surface area contributed by atoms with E-state index in [4.69, 9.17) is 0 Å². The fourth-order valence-corrected chi connectivity index (χ4v) is 2.10. The lowest BCUT2D eigenvalue weighted by Crippen LogP contribution is -2.34. The summed E-state index contributed by atoms with van der Waals surface area (Å²) < 4.78 is 1.87. The molecule has 2 rings (SSSR count). The minimum Gasteiger partial charge on any atom is -0.315 e. The Morgan fingerprint density at radius 1 is 1.53 bits per heavy atom. The van der Waals surface area contributed by atoms with Gasteiger partial charge in [0, 0.05) is 32.4 Å². The highest BCUT2D eigenvalue weighted by molar-refractivity contribution is 5.85. The molecule has 0 aliphatic carbocycles. The highest BCUT2D eigenvalue weighted by atomic mass is 35.5. The van der Waals surface area contributed by atoms with Gasteiger partial charge in [-0.3, -0.25) is 4.68 Å². The highest BCUT2D eigenvalue weighted by Gasteiger charge is 2.18. The summed E-state index contributed by atoms with van der Waals surface area (Å²) in [6.07, 6.45) is 6.44. The van der Waals surface area contributed by atoms with Gasteiger partial charge in [-0.2, -0.15) is 5.10 Å². The third-order valence-corrected chi connectivity index (χ3v) is 3.17. The van der Waals surface area contributed by atoms with Crippen molar-refractivity contribution >= 4 is 24.8 Å². The van der Waals surface area contributed by atoms with Crippen molar-refractivity contribution in [3.05, 3.63) is 18.0 Å². The lowest BCUT2D eigenvalue weighted by atomic mass is 10.2. The van der Waals surface area contributed by atoms with Gasteiger partial charge in [0.2, 0.25) is 0 Å². The molecular weight excluding hydrogens is 259 g/mol. The summed E-state index contributed by atoms with van der Waals surface area (Å²) in [5.74, 6) is 0. The second-order valence-corrected chi connectivity index (χ2v) is 4.40. The average Bonchev–Trinajstić information content (AvgIpc) is 2.84. The number of rotatable bonds is 4. The van der Waals surface area contributed by atoms with Crippen LogP contribution in [0.1, 0.15) is 12.0 Å². The molecule has 4 nitrogen and oxygen atoms in total. The quantitative estimate of drug-likeness (QED) is 0.897. The number of hydrogen-bond donors (Lipinski definition) is 1. The van der Waals surface area contributed by atoms with Crippen molar-refractivity contribution in [3.8, 4) is 0 Å². The first-order valence-corrected chi connectivity index (χ1v) is 5.64. The second kappa shape index (κ2) is 7.93. The van der Waals surface area contributed by atoms with E-state index in [2.05, 4.69) is 28.6 Å². The molecule has 1 aliphatic heterocycles. The van der Waals surface area contributed by atoms with E-state index in [1.807, 2.05) is 17.9 Å². The summed E-state index contributed by atoms with van der Waals surface area (Å²) in [6, 6.07) is 0.724. The van der Waals surface area contributed by atoms with E-state index < -0.39 is 0 Å². The van der Waals surface area contributed by atoms with E-state index in [9.17, 15) is 0 Å². The van der Waals surface area contributed by atoms with E-state index in [0.717, 1.165) is 25.6 Å². The number of likely N-dealkylation sites (N-methyl/N-ethyl adjacent to an activating group) is 1. The standard InChI is InChI=1S/C11H20N4.2ClH/c1-14(11-3-5-12-8-11)6-4-10-7-13-15(2)9-10;;/h7,9,11-12H,3-6,8H2,1-2H3;2*1H. The lowest BCUT2D eigenvalue weighted by Gasteiger charge is -2.22. The Balaban J connectivity index is 0.00000128. The molecule has 1 unspecified atom stereocenters. The molecule has 1 aromatic heterocycles. The second-order valence-electron chi connectivity index (χ2n) is 4.40. The van der Waals surface area contributed by atoms with Crippen molar-refractivity contribution in [2.24, 2.45) is 7.05 Å². The Kier molecular flexibility index (Phi) is 7.79. The summed E-state index contributed by atoms with van der Waals surface area (Å²) in [6.45, 7) is 3.43. The fraction of sp³-hybridized carbons (Fsp3) is 0.727. The molecule has 1 aromatic rings. The molecule has 6 heteroatoms. The number of halogens is 2. The minimum absolute atomic E-state index is 0. The minimum atomic E-state index is 0. The number of nitrogens with zero attached hydrogens (tertiary/aromatic N) is 3. The SMILES string of the molecule is CN(CCc1cnn(C)c1)C1CCNC1.Cl.Cl. The van der Waals surface area contributed by atoms with Gasteiger partial charge >= 0.3 is 0 Å². The lowest BCUT2D eigenvalue weighted by molar-refractivity contribution is 0.260. The molecule has 100 valence electrons. The monoisotopic (exact) mass is 280 g/mol. The van der Waals surface area contributed by atoms with Gasteiger partial charge in [-0.15, -0.1) is 24.8 Å². The van der Waals surface area contributed by atoms with Gasteiger partial charge in [0.15, 0.2) is 0 Å². The zero-order valence-corrected chi connectivity index (χ0v) is 12.1. The smallest absolute Gasteiger partial charge is 0.0522 e. The van der Waals surface area contributed by atoms with Gasteiger partial charge in [0.25, 0.3) is 0 Å². The van der Waals surface area contributed by atoms with Crippen LogP contribution in [0, 0.1) is 0 Å². The number of aryl methyl sites for hydroxylation is 1. The van der Waals surface area contributed by atoms with Crippen LogP contribution in [-0.4, -0.2) is 47.4 Å². The van der Waals surface area contributed by atoms with Crippen LogP contribution in [0.4, 0.5) is 0 Å². The predicted molar refractivity (Wildman–Crippen MR) is 75.3 cm³/mol. The molecule has 1 saturated heterocycles. The van der Waals surface area contributed by atoms with Crippen molar-refractivity contribution in [1.29, 1.82) is 0 Å². The zero-order chi connectivity index (χ0) is 10.7. The molecule has 1 fully saturated rings. The third kappa shape index (κ3) is 4.84. The fourth-order valence-electron chi connectivity index (χ4n) is 2.10. The van der Waals surface area contributed by atoms with Crippen LogP contribution in [0.25, 0.3) is 0 Å². The first kappa shape index (κ1) is 16.7. The number of aromatic nitrogens is 2. The van der Waals surface area contributed by atoms with Gasteiger partial charge in [-0.25, -0.2) is 0 Å². The molecular formula is C11H22Cl2N4. The average molecular weight is 281 g/mol.